The second-order valence-electron chi connectivity index (χ2n) is 3.77. The lowest BCUT2D eigenvalue weighted by Crippen LogP contribution is -2.06. The maximum absolute atomic E-state index is 12.9. The molecule has 0 spiro atoms. The second kappa shape index (κ2) is 5.82. The largest absolute Gasteiger partial charge is 0.493 e. The van der Waals surface area contributed by atoms with Gasteiger partial charge in [-0.05, 0) is 31.0 Å². The number of rotatable bonds is 5. The summed E-state index contributed by atoms with van der Waals surface area (Å²) in [5.41, 5.74) is 0.371. The van der Waals surface area contributed by atoms with Gasteiger partial charge in [-0.2, -0.15) is 0 Å². The van der Waals surface area contributed by atoms with Gasteiger partial charge in [-0.25, -0.2) is 8.78 Å². The molecule has 0 heterocycles. The monoisotopic (exact) mass is 246 g/mol. The minimum absolute atomic E-state index is 0.0387. The summed E-state index contributed by atoms with van der Waals surface area (Å²) < 4.78 is 35.6. The molecule has 0 aliphatic heterocycles. The first-order valence-corrected chi connectivity index (χ1v) is 5.20. The number of alkyl halides is 2. The summed E-state index contributed by atoms with van der Waals surface area (Å²) in [7, 11) is 2.71. The third kappa shape index (κ3) is 3.30. The molecule has 3 nitrogen and oxygen atoms in total. The number of hydrogen-bond acceptors (Lipinski definition) is 3. The van der Waals surface area contributed by atoms with E-state index in [1.165, 1.54) is 20.3 Å². The first-order valence-electron chi connectivity index (χ1n) is 5.20. The van der Waals surface area contributed by atoms with E-state index in [9.17, 15) is 13.9 Å². The van der Waals surface area contributed by atoms with Gasteiger partial charge < -0.3 is 14.6 Å². The SMILES string of the molecule is COc1cc(CC(C)O)cc(C(F)F)c1OC. The molecule has 1 rings (SSSR count). The summed E-state index contributed by atoms with van der Waals surface area (Å²) in [6, 6.07) is 2.93. The van der Waals surface area contributed by atoms with Crippen LogP contribution in [0, 0.1) is 0 Å². The van der Waals surface area contributed by atoms with Crippen molar-refractivity contribution in [1.29, 1.82) is 0 Å². The lowest BCUT2D eigenvalue weighted by Gasteiger charge is -2.15. The zero-order valence-electron chi connectivity index (χ0n) is 10.0. The summed E-state index contributed by atoms with van der Waals surface area (Å²) in [6.07, 6.45) is -2.95. The van der Waals surface area contributed by atoms with E-state index in [4.69, 9.17) is 9.47 Å². The topological polar surface area (TPSA) is 38.7 Å². The molecule has 1 aromatic carbocycles. The zero-order valence-corrected chi connectivity index (χ0v) is 10.0. The first kappa shape index (κ1) is 13.7. The summed E-state index contributed by atoms with van der Waals surface area (Å²) >= 11 is 0. The second-order valence-corrected chi connectivity index (χ2v) is 3.77. The summed E-state index contributed by atoms with van der Waals surface area (Å²) in [5.74, 6) is 0.290. The highest BCUT2D eigenvalue weighted by molar-refractivity contribution is 5.50. The Kier molecular flexibility index (Phi) is 4.69. The van der Waals surface area contributed by atoms with Crippen molar-refractivity contribution in [2.24, 2.45) is 0 Å². The van der Waals surface area contributed by atoms with Gasteiger partial charge in [0, 0.05) is 0 Å². The number of hydrogen-bond donors (Lipinski definition) is 1. The highest BCUT2D eigenvalue weighted by atomic mass is 19.3. The van der Waals surface area contributed by atoms with E-state index in [-0.39, 0.29) is 17.1 Å². The van der Waals surface area contributed by atoms with Gasteiger partial charge in [-0.1, -0.05) is 0 Å². The Morgan fingerprint density at radius 1 is 1.24 bits per heavy atom. The summed E-state index contributed by atoms with van der Waals surface area (Å²) in [5, 5.41) is 9.27. The van der Waals surface area contributed by atoms with Gasteiger partial charge in [0.25, 0.3) is 6.43 Å². The number of aliphatic hydroxyl groups is 1. The molecular weight excluding hydrogens is 230 g/mol. The predicted octanol–water partition coefficient (Wildman–Crippen LogP) is 2.56. The highest BCUT2D eigenvalue weighted by Gasteiger charge is 2.19. The molecule has 0 bridgehead atoms. The van der Waals surface area contributed by atoms with E-state index in [0.29, 0.717) is 12.0 Å². The molecule has 0 fully saturated rings. The molecule has 1 unspecified atom stereocenters. The molecule has 0 saturated heterocycles. The van der Waals surface area contributed by atoms with Crippen LogP contribution in [0.4, 0.5) is 8.78 Å². The van der Waals surface area contributed by atoms with Crippen LogP contribution in [0.5, 0.6) is 11.5 Å². The lowest BCUT2D eigenvalue weighted by atomic mass is 10.0. The molecule has 0 aliphatic carbocycles. The predicted molar refractivity (Wildman–Crippen MR) is 59.9 cm³/mol. The van der Waals surface area contributed by atoms with E-state index < -0.39 is 12.5 Å². The van der Waals surface area contributed by atoms with Gasteiger partial charge in [0.1, 0.15) is 0 Å². The Hall–Kier alpha value is -1.36. The maximum atomic E-state index is 12.9. The van der Waals surface area contributed by atoms with Crippen LogP contribution in [-0.2, 0) is 6.42 Å². The van der Waals surface area contributed by atoms with Gasteiger partial charge in [0.05, 0.1) is 25.9 Å². The van der Waals surface area contributed by atoms with E-state index in [1.54, 1.807) is 13.0 Å². The molecule has 0 amide bonds. The molecule has 0 saturated carbocycles. The Morgan fingerprint density at radius 3 is 2.29 bits per heavy atom. The number of ether oxygens (including phenoxy) is 2. The standard InChI is InChI=1S/C12H16F2O3/c1-7(15)4-8-5-9(12(13)14)11(17-3)10(6-8)16-2/h5-7,12,15H,4H2,1-3H3. The van der Waals surface area contributed by atoms with Crippen molar-refractivity contribution in [1.82, 2.24) is 0 Å². The fraction of sp³-hybridized carbons (Fsp3) is 0.500. The van der Waals surface area contributed by atoms with Crippen LogP contribution in [0.25, 0.3) is 0 Å². The van der Waals surface area contributed by atoms with E-state index in [0.717, 1.165) is 0 Å². The van der Waals surface area contributed by atoms with Gasteiger partial charge in [-0.15, -0.1) is 0 Å². The quantitative estimate of drug-likeness (QED) is 0.867. The third-order valence-corrected chi connectivity index (χ3v) is 2.33. The fourth-order valence-corrected chi connectivity index (χ4v) is 1.67. The molecule has 5 heteroatoms. The van der Waals surface area contributed by atoms with Gasteiger partial charge in [-0.3, -0.25) is 0 Å². The number of aliphatic hydroxyl groups excluding tert-OH is 1. The van der Waals surface area contributed by atoms with Gasteiger partial charge in [0.2, 0.25) is 0 Å². The number of methoxy groups -OCH3 is 2. The Bertz CT molecular complexity index is 378. The van der Waals surface area contributed by atoms with Crippen LogP contribution in [0.2, 0.25) is 0 Å². The molecule has 0 aliphatic rings. The van der Waals surface area contributed by atoms with Crippen molar-refractivity contribution in [3.63, 3.8) is 0 Å². The number of benzene rings is 1. The molecule has 17 heavy (non-hydrogen) atoms. The van der Waals surface area contributed by atoms with Crippen molar-refractivity contribution < 1.29 is 23.4 Å². The summed E-state index contributed by atoms with van der Waals surface area (Å²) in [4.78, 5) is 0. The first-order chi connectivity index (χ1) is 7.99. The van der Waals surface area contributed by atoms with Crippen LogP contribution in [0.15, 0.2) is 12.1 Å². The smallest absolute Gasteiger partial charge is 0.267 e. The van der Waals surface area contributed by atoms with Crippen LogP contribution >= 0.6 is 0 Å². The highest BCUT2D eigenvalue weighted by Crippen LogP contribution is 2.38. The molecule has 1 aromatic rings. The van der Waals surface area contributed by atoms with Gasteiger partial charge in [0.15, 0.2) is 11.5 Å². The Morgan fingerprint density at radius 2 is 1.88 bits per heavy atom. The van der Waals surface area contributed by atoms with E-state index in [1.807, 2.05) is 0 Å². The maximum Gasteiger partial charge on any atom is 0.267 e. The average Bonchev–Trinajstić information content (AvgIpc) is 2.26. The zero-order chi connectivity index (χ0) is 13.0. The molecule has 0 aromatic heterocycles. The van der Waals surface area contributed by atoms with Crippen molar-refractivity contribution in [2.45, 2.75) is 25.9 Å². The van der Waals surface area contributed by atoms with Crippen LogP contribution in [0.1, 0.15) is 24.5 Å². The minimum Gasteiger partial charge on any atom is -0.493 e. The van der Waals surface area contributed by atoms with Crippen molar-refractivity contribution in [3.05, 3.63) is 23.3 Å². The van der Waals surface area contributed by atoms with Crippen LogP contribution in [0.3, 0.4) is 0 Å². The van der Waals surface area contributed by atoms with Crippen LogP contribution in [-0.4, -0.2) is 25.4 Å². The number of halogens is 2. The molecule has 1 atom stereocenters. The lowest BCUT2D eigenvalue weighted by molar-refractivity contribution is 0.145. The summed E-state index contributed by atoms with van der Waals surface area (Å²) in [6.45, 7) is 1.60. The Balaban J connectivity index is 3.24. The molecule has 0 radical (unpaired) electrons. The average molecular weight is 246 g/mol. The normalized spacial score (nSPS) is 12.6. The van der Waals surface area contributed by atoms with Gasteiger partial charge >= 0.3 is 0 Å². The fourth-order valence-electron chi connectivity index (χ4n) is 1.67. The minimum atomic E-state index is -2.65. The van der Waals surface area contributed by atoms with E-state index in [2.05, 4.69) is 0 Å². The van der Waals surface area contributed by atoms with Crippen molar-refractivity contribution in [2.75, 3.05) is 14.2 Å². The Labute approximate surface area is 99.0 Å². The molecule has 1 N–H and O–H groups in total. The molecule has 96 valence electrons. The van der Waals surface area contributed by atoms with Crippen molar-refractivity contribution >= 4 is 0 Å². The van der Waals surface area contributed by atoms with E-state index >= 15 is 0 Å². The molecular formula is C12H16F2O3. The van der Waals surface area contributed by atoms with Crippen LogP contribution < -0.4 is 9.47 Å². The third-order valence-electron chi connectivity index (χ3n) is 2.33. The van der Waals surface area contributed by atoms with Crippen molar-refractivity contribution in [3.8, 4) is 11.5 Å².